The molecule has 0 saturated carbocycles. The summed E-state index contributed by atoms with van der Waals surface area (Å²) in [6, 6.07) is 3.75. The Kier molecular flexibility index (Phi) is 10.2. The van der Waals surface area contributed by atoms with Crippen molar-refractivity contribution in [1.82, 2.24) is 15.2 Å². The number of halogens is 1. The van der Waals surface area contributed by atoms with Crippen LogP contribution in [0.5, 0.6) is 0 Å². The minimum Gasteiger partial charge on any atom is -0.356 e. The third kappa shape index (κ3) is 7.39. The first kappa shape index (κ1) is 22.0. The molecular formula is C17H28IN5OS. The van der Waals surface area contributed by atoms with Gasteiger partial charge in [0.15, 0.2) is 5.96 Å². The van der Waals surface area contributed by atoms with Gasteiger partial charge in [0.25, 0.3) is 0 Å². The van der Waals surface area contributed by atoms with Crippen LogP contribution in [0.1, 0.15) is 25.3 Å². The fraction of sp³-hybridized carbons (Fsp3) is 0.588. The Morgan fingerprint density at radius 3 is 2.92 bits per heavy atom. The SMILES string of the molecule is CCC1CN(C(=NC)NCCC(=O)Nc2ccc(C)cn2)CCS1.I. The summed E-state index contributed by atoms with van der Waals surface area (Å²) in [7, 11) is 1.79. The number of anilines is 1. The molecule has 1 aromatic rings. The number of guanidine groups is 1. The van der Waals surface area contributed by atoms with Gasteiger partial charge < -0.3 is 15.5 Å². The van der Waals surface area contributed by atoms with Crippen molar-refractivity contribution in [2.75, 3.05) is 37.8 Å². The summed E-state index contributed by atoms with van der Waals surface area (Å²) in [5.74, 6) is 2.55. The van der Waals surface area contributed by atoms with Gasteiger partial charge in [-0.2, -0.15) is 11.8 Å². The van der Waals surface area contributed by atoms with Gasteiger partial charge in [-0.25, -0.2) is 4.98 Å². The molecule has 1 amide bonds. The maximum absolute atomic E-state index is 12.0. The van der Waals surface area contributed by atoms with Crippen LogP contribution in [0.25, 0.3) is 0 Å². The molecule has 2 N–H and O–H groups in total. The fourth-order valence-electron chi connectivity index (χ4n) is 2.53. The molecule has 2 heterocycles. The van der Waals surface area contributed by atoms with E-state index in [2.05, 4.69) is 32.4 Å². The Morgan fingerprint density at radius 2 is 2.28 bits per heavy atom. The van der Waals surface area contributed by atoms with Gasteiger partial charge in [-0.1, -0.05) is 13.0 Å². The first-order chi connectivity index (χ1) is 11.6. The number of aliphatic imine (C=N–C) groups is 1. The van der Waals surface area contributed by atoms with Crippen LogP contribution in [0.2, 0.25) is 0 Å². The minimum absolute atomic E-state index is 0. The number of rotatable bonds is 5. The maximum Gasteiger partial charge on any atom is 0.227 e. The number of nitrogens with one attached hydrogen (secondary N) is 2. The number of amides is 1. The molecule has 1 aliphatic rings. The Labute approximate surface area is 171 Å². The second-order valence-corrected chi connectivity index (χ2v) is 7.25. The summed E-state index contributed by atoms with van der Waals surface area (Å²) >= 11 is 2.03. The van der Waals surface area contributed by atoms with Gasteiger partial charge in [-0.15, -0.1) is 24.0 Å². The molecular weight excluding hydrogens is 449 g/mol. The van der Waals surface area contributed by atoms with E-state index in [4.69, 9.17) is 0 Å². The Bertz CT molecular complexity index is 567. The number of thioether (sulfide) groups is 1. The van der Waals surface area contributed by atoms with Crippen LogP contribution in [0, 0.1) is 6.92 Å². The largest absolute Gasteiger partial charge is 0.356 e. The van der Waals surface area contributed by atoms with E-state index in [0.717, 1.165) is 30.4 Å². The lowest BCUT2D eigenvalue weighted by molar-refractivity contribution is -0.116. The monoisotopic (exact) mass is 477 g/mol. The smallest absolute Gasteiger partial charge is 0.227 e. The molecule has 1 fully saturated rings. The van der Waals surface area contributed by atoms with Crippen molar-refractivity contribution in [3.8, 4) is 0 Å². The minimum atomic E-state index is -0.0464. The molecule has 140 valence electrons. The molecule has 0 radical (unpaired) electrons. The van der Waals surface area contributed by atoms with Gasteiger partial charge in [0.2, 0.25) is 5.91 Å². The third-order valence-corrected chi connectivity index (χ3v) is 5.29. The highest BCUT2D eigenvalue weighted by Gasteiger charge is 2.21. The Morgan fingerprint density at radius 1 is 1.48 bits per heavy atom. The van der Waals surface area contributed by atoms with Crippen molar-refractivity contribution in [2.24, 2.45) is 4.99 Å². The summed E-state index contributed by atoms with van der Waals surface area (Å²) in [6.45, 7) is 6.77. The molecule has 1 saturated heterocycles. The average molecular weight is 477 g/mol. The van der Waals surface area contributed by atoms with Gasteiger partial charge in [-0.3, -0.25) is 9.79 Å². The van der Waals surface area contributed by atoms with E-state index in [1.54, 1.807) is 13.2 Å². The second-order valence-electron chi connectivity index (χ2n) is 5.84. The quantitative estimate of drug-likeness (QED) is 0.388. The van der Waals surface area contributed by atoms with E-state index in [1.807, 2.05) is 30.8 Å². The van der Waals surface area contributed by atoms with Crippen LogP contribution >= 0.6 is 35.7 Å². The number of carbonyl (C=O) groups excluding carboxylic acids is 1. The average Bonchev–Trinajstić information content (AvgIpc) is 2.61. The summed E-state index contributed by atoms with van der Waals surface area (Å²) < 4.78 is 0. The van der Waals surface area contributed by atoms with Crippen LogP contribution in [-0.2, 0) is 4.79 Å². The van der Waals surface area contributed by atoms with E-state index in [0.29, 0.717) is 24.0 Å². The molecule has 0 spiro atoms. The standard InChI is InChI=1S/C17H27N5OS.HI/c1-4-14-12-22(9-10-24-14)17(18-3)19-8-7-16(23)21-15-6-5-13(2)11-20-15;/h5-6,11,14H,4,7-10,12H2,1-3H3,(H,18,19)(H,20,21,23);1H. The summed E-state index contributed by atoms with van der Waals surface area (Å²) in [5, 5.41) is 6.77. The maximum atomic E-state index is 12.0. The molecule has 1 atom stereocenters. The van der Waals surface area contributed by atoms with E-state index in [-0.39, 0.29) is 29.9 Å². The number of hydrogen-bond acceptors (Lipinski definition) is 4. The van der Waals surface area contributed by atoms with Crippen LogP contribution < -0.4 is 10.6 Å². The van der Waals surface area contributed by atoms with Crippen LogP contribution in [0.4, 0.5) is 5.82 Å². The summed E-state index contributed by atoms with van der Waals surface area (Å²) in [4.78, 5) is 22.8. The first-order valence-electron chi connectivity index (χ1n) is 8.42. The zero-order valence-corrected chi connectivity index (χ0v) is 18.3. The number of pyridine rings is 1. The third-order valence-electron chi connectivity index (χ3n) is 3.92. The molecule has 1 aromatic heterocycles. The molecule has 8 heteroatoms. The predicted molar refractivity (Wildman–Crippen MR) is 117 cm³/mol. The number of hydrogen-bond donors (Lipinski definition) is 2. The molecule has 1 aliphatic heterocycles. The molecule has 6 nitrogen and oxygen atoms in total. The second kappa shape index (κ2) is 11.6. The summed E-state index contributed by atoms with van der Waals surface area (Å²) in [6.07, 6.45) is 3.30. The van der Waals surface area contributed by atoms with Gasteiger partial charge >= 0.3 is 0 Å². The van der Waals surface area contributed by atoms with Gasteiger partial charge in [0.1, 0.15) is 5.82 Å². The van der Waals surface area contributed by atoms with E-state index < -0.39 is 0 Å². The van der Waals surface area contributed by atoms with Crippen LogP contribution in [-0.4, -0.2) is 59.4 Å². The zero-order chi connectivity index (χ0) is 17.4. The van der Waals surface area contributed by atoms with E-state index >= 15 is 0 Å². The van der Waals surface area contributed by atoms with Crippen molar-refractivity contribution in [3.05, 3.63) is 23.9 Å². The van der Waals surface area contributed by atoms with Crippen LogP contribution in [0.3, 0.4) is 0 Å². The van der Waals surface area contributed by atoms with Crippen molar-refractivity contribution < 1.29 is 4.79 Å². The van der Waals surface area contributed by atoms with Gasteiger partial charge in [-0.05, 0) is 25.0 Å². The van der Waals surface area contributed by atoms with Crippen molar-refractivity contribution in [2.45, 2.75) is 31.9 Å². The zero-order valence-electron chi connectivity index (χ0n) is 15.1. The molecule has 0 aromatic carbocycles. The first-order valence-corrected chi connectivity index (χ1v) is 9.47. The highest BCUT2D eigenvalue weighted by Crippen LogP contribution is 2.20. The number of carbonyl (C=O) groups is 1. The fourth-order valence-corrected chi connectivity index (χ4v) is 3.71. The summed E-state index contributed by atoms with van der Waals surface area (Å²) in [5.41, 5.74) is 1.07. The number of aromatic nitrogens is 1. The van der Waals surface area contributed by atoms with Crippen molar-refractivity contribution in [1.29, 1.82) is 0 Å². The Balaban J connectivity index is 0.00000312. The van der Waals surface area contributed by atoms with Gasteiger partial charge in [0.05, 0.1) is 0 Å². The number of nitrogens with zero attached hydrogens (tertiary/aromatic N) is 3. The molecule has 0 bridgehead atoms. The van der Waals surface area contributed by atoms with E-state index in [1.165, 1.54) is 6.42 Å². The van der Waals surface area contributed by atoms with Crippen LogP contribution in [0.15, 0.2) is 23.3 Å². The van der Waals surface area contributed by atoms with Gasteiger partial charge in [0, 0.05) is 50.3 Å². The lowest BCUT2D eigenvalue weighted by Gasteiger charge is -2.34. The highest BCUT2D eigenvalue weighted by atomic mass is 127. The lowest BCUT2D eigenvalue weighted by atomic mass is 10.3. The normalized spacial score (nSPS) is 17.6. The van der Waals surface area contributed by atoms with E-state index in [9.17, 15) is 4.79 Å². The Hall–Kier alpha value is -1.03. The van der Waals surface area contributed by atoms with Crippen molar-refractivity contribution in [3.63, 3.8) is 0 Å². The highest BCUT2D eigenvalue weighted by molar-refractivity contribution is 14.0. The molecule has 1 unspecified atom stereocenters. The molecule has 25 heavy (non-hydrogen) atoms. The molecule has 2 rings (SSSR count). The lowest BCUT2D eigenvalue weighted by Crippen LogP contribution is -2.48. The van der Waals surface area contributed by atoms with Crippen molar-refractivity contribution >= 4 is 53.4 Å². The topological polar surface area (TPSA) is 69.6 Å². The predicted octanol–water partition coefficient (Wildman–Crippen LogP) is 2.74. The number of aryl methyl sites for hydroxylation is 1. The molecule has 0 aliphatic carbocycles.